The third-order valence-corrected chi connectivity index (χ3v) is 6.47. The van der Waals surface area contributed by atoms with Gasteiger partial charge in [0.25, 0.3) is 5.56 Å². The predicted octanol–water partition coefficient (Wildman–Crippen LogP) is 6.05. The van der Waals surface area contributed by atoms with E-state index in [4.69, 9.17) is 15.0 Å². The standard InChI is InChI=1S/C30H29N5O/c1-4-34(5-2)24-18-17-23-19-25(30(36)35(6-3)26(23)20-24)29-32-27(21-13-9-7-10-14-21)31-28(33-29)22-15-11-8-12-16-22/h7-20H,4-6H2,1-3H3. The van der Waals surface area contributed by atoms with Crippen LogP contribution in [-0.4, -0.2) is 32.6 Å². The van der Waals surface area contributed by atoms with Crippen LogP contribution in [0, 0.1) is 0 Å². The molecular formula is C30H29N5O. The molecule has 0 fully saturated rings. The van der Waals surface area contributed by atoms with E-state index < -0.39 is 0 Å². The number of pyridine rings is 1. The summed E-state index contributed by atoms with van der Waals surface area (Å²) in [6.45, 7) is 8.63. The number of hydrogen-bond donors (Lipinski definition) is 0. The van der Waals surface area contributed by atoms with E-state index in [-0.39, 0.29) is 5.56 Å². The Hall–Kier alpha value is -4.32. The first-order valence-electron chi connectivity index (χ1n) is 12.4. The molecule has 0 aliphatic heterocycles. The van der Waals surface area contributed by atoms with Crippen LogP contribution in [0.2, 0.25) is 0 Å². The van der Waals surface area contributed by atoms with Gasteiger partial charge in [-0.3, -0.25) is 4.79 Å². The van der Waals surface area contributed by atoms with Crippen molar-refractivity contribution >= 4 is 16.6 Å². The molecule has 6 nitrogen and oxygen atoms in total. The quantitative estimate of drug-likeness (QED) is 0.287. The molecule has 0 saturated carbocycles. The summed E-state index contributed by atoms with van der Waals surface area (Å²) in [5.41, 5.74) is 4.14. The van der Waals surface area contributed by atoms with Crippen molar-refractivity contribution < 1.29 is 0 Å². The molecule has 6 heteroatoms. The topological polar surface area (TPSA) is 63.9 Å². The molecule has 5 aromatic rings. The first-order valence-corrected chi connectivity index (χ1v) is 12.4. The van der Waals surface area contributed by atoms with Gasteiger partial charge in [0, 0.05) is 36.4 Å². The molecule has 0 bridgehead atoms. The van der Waals surface area contributed by atoms with Gasteiger partial charge in [-0.1, -0.05) is 66.7 Å². The molecule has 2 aromatic heterocycles. The summed E-state index contributed by atoms with van der Waals surface area (Å²) in [6.07, 6.45) is 0. The molecule has 36 heavy (non-hydrogen) atoms. The molecule has 0 aliphatic carbocycles. The minimum Gasteiger partial charge on any atom is -0.372 e. The van der Waals surface area contributed by atoms with Gasteiger partial charge < -0.3 is 9.47 Å². The van der Waals surface area contributed by atoms with E-state index in [9.17, 15) is 4.79 Å². The van der Waals surface area contributed by atoms with Gasteiger partial charge in [0.15, 0.2) is 17.5 Å². The summed E-state index contributed by atoms with van der Waals surface area (Å²) in [5.74, 6) is 1.46. The van der Waals surface area contributed by atoms with Gasteiger partial charge in [-0.15, -0.1) is 0 Å². The highest BCUT2D eigenvalue weighted by molar-refractivity contribution is 5.86. The number of nitrogens with zero attached hydrogens (tertiary/aromatic N) is 5. The minimum absolute atomic E-state index is 0.106. The van der Waals surface area contributed by atoms with E-state index in [1.54, 1.807) is 0 Å². The second-order valence-corrected chi connectivity index (χ2v) is 8.56. The van der Waals surface area contributed by atoms with Crippen molar-refractivity contribution in [3.05, 3.63) is 95.3 Å². The molecule has 0 radical (unpaired) electrons. The van der Waals surface area contributed by atoms with Gasteiger partial charge in [-0.05, 0) is 44.4 Å². The lowest BCUT2D eigenvalue weighted by Gasteiger charge is -2.22. The molecule has 0 saturated heterocycles. The Morgan fingerprint density at radius 2 is 1.25 bits per heavy atom. The van der Waals surface area contributed by atoms with Crippen LogP contribution in [0.1, 0.15) is 20.8 Å². The van der Waals surface area contributed by atoms with Crippen LogP contribution in [0.4, 0.5) is 5.69 Å². The summed E-state index contributed by atoms with van der Waals surface area (Å²) in [6, 6.07) is 27.8. The summed E-state index contributed by atoms with van der Waals surface area (Å²) in [4.78, 5) is 30.3. The molecule has 180 valence electrons. The lowest BCUT2D eigenvalue weighted by Crippen LogP contribution is -2.24. The normalized spacial score (nSPS) is 11.1. The van der Waals surface area contributed by atoms with Crippen molar-refractivity contribution in [3.8, 4) is 34.2 Å². The van der Waals surface area contributed by atoms with Gasteiger partial charge in [0.1, 0.15) is 0 Å². The lowest BCUT2D eigenvalue weighted by atomic mass is 10.1. The van der Waals surface area contributed by atoms with Gasteiger partial charge in [-0.2, -0.15) is 0 Å². The highest BCUT2D eigenvalue weighted by atomic mass is 16.1. The highest BCUT2D eigenvalue weighted by Crippen LogP contribution is 2.27. The molecule has 3 aromatic carbocycles. The fourth-order valence-electron chi connectivity index (χ4n) is 4.55. The van der Waals surface area contributed by atoms with Crippen LogP contribution in [0.3, 0.4) is 0 Å². The van der Waals surface area contributed by atoms with E-state index in [0.717, 1.165) is 40.8 Å². The van der Waals surface area contributed by atoms with Crippen molar-refractivity contribution in [1.82, 2.24) is 19.5 Å². The fraction of sp³-hybridized carbons (Fsp3) is 0.200. The van der Waals surface area contributed by atoms with Crippen molar-refractivity contribution in [2.24, 2.45) is 0 Å². The summed E-state index contributed by atoms with van der Waals surface area (Å²) in [5, 5.41) is 0.977. The maximum atomic E-state index is 13.8. The number of benzene rings is 3. The lowest BCUT2D eigenvalue weighted by molar-refractivity contribution is 0.759. The zero-order chi connectivity index (χ0) is 25.1. The zero-order valence-electron chi connectivity index (χ0n) is 20.8. The minimum atomic E-state index is -0.106. The molecule has 0 spiro atoms. The third-order valence-electron chi connectivity index (χ3n) is 6.47. The Labute approximate surface area is 210 Å². The van der Waals surface area contributed by atoms with Crippen molar-refractivity contribution in [3.63, 3.8) is 0 Å². The van der Waals surface area contributed by atoms with E-state index in [0.29, 0.717) is 29.6 Å². The predicted molar refractivity (Wildman–Crippen MR) is 147 cm³/mol. The summed E-state index contributed by atoms with van der Waals surface area (Å²) in [7, 11) is 0. The smallest absolute Gasteiger partial charge is 0.262 e. The second kappa shape index (κ2) is 10.1. The average molecular weight is 476 g/mol. The molecular weight excluding hydrogens is 446 g/mol. The number of fused-ring (bicyclic) bond motifs is 1. The van der Waals surface area contributed by atoms with Crippen LogP contribution in [0.15, 0.2) is 89.7 Å². The number of rotatable bonds is 7. The van der Waals surface area contributed by atoms with Crippen LogP contribution in [0.25, 0.3) is 45.1 Å². The van der Waals surface area contributed by atoms with Crippen LogP contribution >= 0.6 is 0 Å². The van der Waals surface area contributed by atoms with Crippen LogP contribution in [0.5, 0.6) is 0 Å². The summed E-state index contributed by atoms with van der Waals surface area (Å²) >= 11 is 0. The summed E-state index contributed by atoms with van der Waals surface area (Å²) < 4.78 is 1.81. The highest BCUT2D eigenvalue weighted by Gasteiger charge is 2.17. The Kier molecular flexibility index (Phi) is 6.58. The molecule has 0 atom stereocenters. The third kappa shape index (κ3) is 4.38. The largest absolute Gasteiger partial charge is 0.372 e. The zero-order valence-corrected chi connectivity index (χ0v) is 20.8. The molecule has 0 aliphatic rings. The number of aromatic nitrogens is 4. The first-order chi connectivity index (χ1) is 17.6. The molecule has 0 amide bonds. The molecule has 0 N–H and O–H groups in total. The fourth-order valence-corrected chi connectivity index (χ4v) is 4.55. The first kappa shape index (κ1) is 23.4. The maximum Gasteiger partial charge on any atom is 0.262 e. The van der Waals surface area contributed by atoms with Crippen molar-refractivity contribution in [2.75, 3.05) is 18.0 Å². The van der Waals surface area contributed by atoms with Crippen molar-refractivity contribution in [1.29, 1.82) is 0 Å². The molecule has 5 rings (SSSR count). The molecule has 2 heterocycles. The number of aryl methyl sites for hydroxylation is 1. The number of hydrogen-bond acceptors (Lipinski definition) is 5. The van der Waals surface area contributed by atoms with Gasteiger partial charge >= 0.3 is 0 Å². The maximum absolute atomic E-state index is 13.8. The van der Waals surface area contributed by atoms with E-state index in [2.05, 4.69) is 36.9 Å². The van der Waals surface area contributed by atoms with E-state index in [1.807, 2.05) is 78.2 Å². The Morgan fingerprint density at radius 3 is 1.78 bits per heavy atom. The Morgan fingerprint density at radius 1 is 0.694 bits per heavy atom. The van der Waals surface area contributed by atoms with Gasteiger partial charge in [0.05, 0.1) is 11.1 Å². The van der Waals surface area contributed by atoms with Gasteiger partial charge in [-0.25, -0.2) is 15.0 Å². The Balaban J connectivity index is 1.74. The van der Waals surface area contributed by atoms with Crippen molar-refractivity contribution in [2.45, 2.75) is 27.3 Å². The second-order valence-electron chi connectivity index (χ2n) is 8.56. The van der Waals surface area contributed by atoms with Crippen LogP contribution < -0.4 is 10.5 Å². The Bertz CT molecular complexity index is 1500. The van der Waals surface area contributed by atoms with Gasteiger partial charge in [0.2, 0.25) is 0 Å². The number of anilines is 1. The van der Waals surface area contributed by atoms with E-state index >= 15 is 0 Å². The average Bonchev–Trinajstić information content (AvgIpc) is 2.94. The van der Waals surface area contributed by atoms with Crippen LogP contribution in [-0.2, 0) is 6.54 Å². The SMILES string of the molecule is CCN(CC)c1ccc2cc(-c3nc(-c4ccccc4)nc(-c4ccccc4)n3)c(=O)n(CC)c2c1. The van der Waals surface area contributed by atoms with E-state index in [1.165, 1.54) is 0 Å². The molecule has 0 unspecified atom stereocenters. The monoisotopic (exact) mass is 475 g/mol.